The molecule has 1 saturated heterocycles. The number of nitrogens with one attached hydrogen (secondary N) is 1. The van der Waals surface area contributed by atoms with Crippen LogP contribution in [0.15, 0.2) is 5.10 Å². The van der Waals surface area contributed by atoms with Gasteiger partial charge < -0.3 is 14.3 Å². The van der Waals surface area contributed by atoms with Crippen LogP contribution in [-0.4, -0.2) is 87.8 Å². The van der Waals surface area contributed by atoms with Gasteiger partial charge in [0.1, 0.15) is 0 Å². The molecule has 23 heavy (non-hydrogen) atoms. The monoisotopic (exact) mass is 322 g/mol. The molecular weight excluding hydrogens is 299 g/mol. The Morgan fingerprint density at radius 3 is 2.87 bits per heavy atom. The Bertz CT molecular complexity index is 468. The molecule has 0 bridgehead atoms. The van der Waals surface area contributed by atoms with Gasteiger partial charge in [0.2, 0.25) is 0 Å². The van der Waals surface area contributed by atoms with Crippen LogP contribution >= 0.6 is 0 Å². The molecule has 0 aromatic carbocycles. The van der Waals surface area contributed by atoms with E-state index < -0.39 is 17.6 Å². The topological polar surface area (TPSA) is 83.5 Å². The molecule has 0 spiro atoms. The van der Waals surface area contributed by atoms with Gasteiger partial charge in [-0.2, -0.15) is 5.10 Å². The quantitative estimate of drug-likeness (QED) is 0.356. The summed E-state index contributed by atoms with van der Waals surface area (Å²) in [6.45, 7) is 4.76. The average Bonchev–Trinajstić information content (AvgIpc) is 2.93. The number of hydrogen-bond acceptors (Lipinski definition) is 8. The Morgan fingerprint density at radius 2 is 2.30 bits per heavy atom. The second kappa shape index (κ2) is 7.89. The first kappa shape index (κ1) is 17.9. The second-order valence-electron chi connectivity index (χ2n) is 5.69. The van der Waals surface area contributed by atoms with Crippen LogP contribution in [0.1, 0.15) is 13.3 Å². The van der Waals surface area contributed by atoms with E-state index in [1.807, 2.05) is 4.90 Å². The fourth-order valence-electron chi connectivity index (χ4n) is 3.00. The summed E-state index contributed by atoms with van der Waals surface area (Å²) in [6, 6.07) is 0. The highest BCUT2D eigenvalue weighted by Gasteiger charge is 2.52. The number of morpholine rings is 1. The molecule has 2 aliphatic rings. The minimum absolute atomic E-state index is 0.243. The summed E-state index contributed by atoms with van der Waals surface area (Å²) >= 11 is 0. The number of nitrogens with zero attached hydrogens (tertiary/aromatic N) is 3. The standard InChI is InChI=1S/C14H23BN4O4/c1-3-23-13(21)12-11(4-5-18(2)15)14(10-20,17-16-12)19-6-8-22-9-7-19/h10-11,17H,3-9H2,1-2H3. The maximum atomic E-state index is 12.2. The van der Waals surface area contributed by atoms with Crippen LogP contribution in [0.2, 0.25) is 0 Å². The highest BCUT2D eigenvalue weighted by molar-refractivity contribution is 6.38. The molecular formula is C14H23BN4O4. The predicted octanol–water partition coefficient (Wildman–Crippen LogP) is -1.24. The van der Waals surface area contributed by atoms with E-state index >= 15 is 0 Å². The zero-order valence-electron chi connectivity index (χ0n) is 13.7. The van der Waals surface area contributed by atoms with Gasteiger partial charge in [0, 0.05) is 13.1 Å². The van der Waals surface area contributed by atoms with Crippen molar-refractivity contribution in [3.8, 4) is 0 Å². The lowest BCUT2D eigenvalue weighted by Gasteiger charge is -2.42. The number of hydrazone groups is 1. The summed E-state index contributed by atoms with van der Waals surface area (Å²) in [5.41, 5.74) is 2.07. The van der Waals surface area contributed by atoms with Gasteiger partial charge in [-0.05, 0) is 26.9 Å². The van der Waals surface area contributed by atoms with Crippen molar-refractivity contribution in [3.63, 3.8) is 0 Å². The lowest BCUT2D eigenvalue weighted by molar-refractivity contribution is -0.135. The summed E-state index contributed by atoms with van der Waals surface area (Å²) in [7, 11) is 7.43. The van der Waals surface area contributed by atoms with Crippen molar-refractivity contribution < 1.29 is 19.1 Å². The number of esters is 1. The van der Waals surface area contributed by atoms with E-state index in [1.54, 1.807) is 14.0 Å². The predicted molar refractivity (Wildman–Crippen MR) is 84.9 cm³/mol. The van der Waals surface area contributed by atoms with E-state index in [0.29, 0.717) is 39.3 Å². The highest BCUT2D eigenvalue weighted by atomic mass is 16.5. The fourth-order valence-corrected chi connectivity index (χ4v) is 3.00. The third-order valence-corrected chi connectivity index (χ3v) is 4.19. The van der Waals surface area contributed by atoms with Crippen molar-refractivity contribution in [2.75, 3.05) is 46.5 Å². The van der Waals surface area contributed by atoms with Crippen molar-refractivity contribution in [3.05, 3.63) is 0 Å². The fraction of sp³-hybridized carbons (Fsp3) is 0.786. The van der Waals surface area contributed by atoms with E-state index in [0.717, 1.165) is 6.29 Å². The summed E-state index contributed by atoms with van der Waals surface area (Å²) in [4.78, 5) is 27.7. The number of carbonyl (C=O) groups excluding carboxylic acids is 2. The van der Waals surface area contributed by atoms with E-state index in [-0.39, 0.29) is 12.3 Å². The van der Waals surface area contributed by atoms with Crippen molar-refractivity contribution >= 4 is 25.9 Å². The molecule has 2 unspecified atom stereocenters. The number of carbonyl (C=O) groups is 2. The highest BCUT2D eigenvalue weighted by Crippen LogP contribution is 2.31. The van der Waals surface area contributed by atoms with E-state index in [1.165, 1.54) is 4.81 Å². The van der Waals surface area contributed by atoms with Crippen LogP contribution in [0.3, 0.4) is 0 Å². The molecule has 2 aliphatic heterocycles. The first-order valence-electron chi connectivity index (χ1n) is 7.82. The normalized spacial score (nSPS) is 28.3. The SMILES string of the molecule is [B]N(C)CCC1C(C(=O)OCC)=NNC1(C=O)N1CCOCC1. The maximum absolute atomic E-state index is 12.2. The molecule has 126 valence electrons. The molecule has 2 radical (unpaired) electrons. The van der Waals surface area contributed by atoms with Crippen molar-refractivity contribution in [1.82, 2.24) is 15.1 Å². The minimum atomic E-state index is -1.05. The Balaban J connectivity index is 2.25. The summed E-state index contributed by atoms with van der Waals surface area (Å²) in [5, 5.41) is 4.13. The molecule has 9 heteroatoms. The molecule has 2 heterocycles. The Hall–Kier alpha value is -1.45. The molecule has 0 amide bonds. The molecule has 0 aliphatic carbocycles. The molecule has 0 aromatic rings. The van der Waals surface area contributed by atoms with Gasteiger partial charge in [0.15, 0.2) is 25.6 Å². The zero-order valence-corrected chi connectivity index (χ0v) is 13.7. The van der Waals surface area contributed by atoms with Crippen LogP contribution < -0.4 is 5.43 Å². The molecule has 0 aromatic heterocycles. The molecule has 8 nitrogen and oxygen atoms in total. The lowest BCUT2D eigenvalue weighted by Crippen LogP contribution is -2.64. The van der Waals surface area contributed by atoms with Gasteiger partial charge in [0.25, 0.3) is 0 Å². The van der Waals surface area contributed by atoms with E-state index in [4.69, 9.17) is 17.5 Å². The van der Waals surface area contributed by atoms with Gasteiger partial charge in [-0.1, -0.05) is 0 Å². The first-order valence-corrected chi connectivity index (χ1v) is 7.82. The maximum Gasteiger partial charge on any atom is 0.354 e. The molecule has 2 rings (SSSR count). The Kier molecular flexibility index (Phi) is 6.14. The minimum Gasteiger partial charge on any atom is -0.461 e. The number of aldehydes is 1. The molecule has 0 saturated carbocycles. The van der Waals surface area contributed by atoms with Crippen LogP contribution in [0.4, 0.5) is 0 Å². The van der Waals surface area contributed by atoms with Crippen LogP contribution in [0, 0.1) is 5.92 Å². The van der Waals surface area contributed by atoms with Gasteiger partial charge in [-0.3, -0.25) is 15.1 Å². The van der Waals surface area contributed by atoms with Gasteiger partial charge in [0.05, 0.1) is 25.7 Å². The zero-order chi connectivity index (χ0) is 16.9. The third kappa shape index (κ3) is 3.73. The largest absolute Gasteiger partial charge is 0.461 e. The number of rotatable bonds is 7. The van der Waals surface area contributed by atoms with Crippen LogP contribution in [0.5, 0.6) is 0 Å². The Morgan fingerprint density at radius 1 is 1.61 bits per heavy atom. The van der Waals surface area contributed by atoms with Crippen LogP contribution in [-0.2, 0) is 19.1 Å². The molecule has 1 fully saturated rings. The number of ether oxygens (including phenoxy) is 2. The molecule has 1 N–H and O–H groups in total. The summed E-state index contributed by atoms with van der Waals surface area (Å²) in [5.74, 6) is -0.926. The third-order valence-electron chi connectivity index (χ3n) is 4.19. The first-order chi connectivity index (χ1) is 11.0. The Labute approximate surface area is 137 Å². The van der Waals surface area contributed by atoms with E-state index in [2.05, 4.69) is 10.5 Å². The van der Waals surface area contributed by atoms with Crippen molar-refractivity contribution in [2.45, 2.75) is 19.0 Å². The van der Waals surface area contributed by atoms with E-state index in [9.17, 15) is 9.59 Å². The van der Waals surface area contributed by atoms with Crippen LogP contribution in [0.25, 0.3) is 0 Å². The van der Waals surface area contributed by atoms with Gasteiger partial charge in [-0.25, -0.2) is 4.79 Å². The number of hydrogen-bond donors (Lipinski definition) is 1. The van der Waals surface area contributed by atoms with Crippen molar-refractivity contribution in [1.29, 1.82) is 0 Å². The summed E-state index contributed by atoms with van der Waals surface area (Å²) < 4.78 is 10.4. The van der Waals surface area contributed by atoms with Gasteiger partial charge >= 0.3 is 5.97 Å². The summed E-state index contributed by atoms with van der Waals surface area (Å²) in [6.07, 6.45) is 1.34. The smallest absolute Gasteiger partial charge is 0.354 e. The molecule has 2 atom stereocenters. The second-order valence-corrected chi connectivity index (χ2v) is 5.69. The van der Waals surface area contributed by atoms with Crippen molar-refractivity contribution in [2.24, 2.45) is 11.0 Å². The van der Waals surface area contributed by atoms with Gasteiger partial charge in [-0.15, -0.1) is 0 Å². The lowest BCUT2D eigenvalue weighted by atomic mass is 9.85. The average molecular weight is 322 g/mol.